The van der Waals surface area contributed by atoms with Gasteiger partial charge in [-0.3, -0.25) is 4.90 Å². The summed E-state index contributed by atoms with van der Waals surface area (Å²) in [6.07, 6.45) is 4.58. The summed E-state index contributed by atoms with van der Waals surface area (Å²) < 4.78 is 11.2. The third kappa shape index (κ3) is 3.48. The first-order valence-corrected chi connectivity index (χ1v) is 7.59. The van der Waals surface area contributed by atoms with E-state index in [4.69, 9.17) is 15.2 Å². The topological polar surface area (TPSA) is 47.7 Å². The third-order valence-corrected chi connectivity index (χ3v) is 4.88. The number of nitrogens with two attached hydrogens (primary N) is 1. The van der Waals surface area contributed by atoms with Crippen molar-refractivity contribution in [3.05, 3.63) is 0 Å². The molecule has 0 aromatic rings. The second kappa shape index (κ2) is 6.08. The summed E-state index contributed by atoms with van der Waals surface area (Å²) in [5.74, 6) is 0.726. The third-order valence-electron chi connectivity index (χ3n) is 4.88. The first-order chi connectivity index (χ1) is 9.01. The molecular formula is C15H30N2O2. The van der Waals surface area contributed by atoms with Crippen molar-refractivity contribution in [2.75, 3.05) is 40.0 Å². The maximum absolute atomic E-state index is 6.16. The molecule has 0 aromatic carbocycles. The second-order valence-electron chi connectivity index (χ2n) is 6.85. The molecule has 2 rings (SSSR count). The van der Waals surface area contributed by atoms with Gasteiger partial charge in [0.15, 0.2) is 0 Å². The van der Waals surface area contributed by atoms with Crippen LogP contribution < -0.4 is 5.73 Å². The minimum atomic E-state index is -0.0407. The average Bonchev–Trinajstić information content (AvgIpc) is 2.38. The summed E-state index contributed by atoms with van der Waals surface area (Å²) in [6, 6.07) is 0. The zero-order valence-electron chi connectivity index (χ0n) is 12.8. The van der Waals surface area contributed by atoms with Gasteiger partial charge in [-0.15, -0.1) is 0 Å². The van der Waals surface area contributed by atoms with Gasteiger partial charge in [-0.25, -0.2) is 0 Å². The summed E-state index contributed by atoms with van der Waals surface area (Å²) >= 11 is 0. The fraction of sp³-hybridized carbons (Fsp3) is 1.00. The Bertz CT molecular complexity index is 288. The van der Waals surface area contributed by atoms with Crippen molar-refractivity contribution in [2.24, 2.45) is 11.7 Å². The van der Waals surface area contributed by atoms with Gasteiger partial charge in [-0.2, -0.15) is 0 Å². The molecule has 0 saturated carbocycles. The highest BCUT2D eigenvalue weighted by molar-refractivity contribution is 5.00. The molecule has 0 aromatic heterocycles. The predicted octanol–water partition coefficient (Wildman–Crippen LogP) is 1.63. The van der Waals surface area contributed by atoms with Crippen LogP contribution in [0.2, 0.25) is 0 Å². The first kappa shape index (κ1) is 15.2. The molecule has 19 heavy (non-hydrogen) atoms. The number of ether oxygens (including phenoxy) is 2. The summed E-state index contributed by atoms with van der Waals surface area (Å²) in [7, 11) is 1.80. The van der Waals surface area contributed by atoms with Crippen molar-refractivity contribution in [1.82, 2.24) is 4.90 Å². The van der Waals surface area contributed by atoms with Crippen LogP contribution in [0.1, 0.15) is 39.5 Å². The lowest BCUT2D eigenvalue weighted by atomic mass is 9.78. The quantitative estimate of drug-likeness (QED) is 0.843. The Morgan fingerprint density at radius 1 is 1.32 bits per heavy atom. The Labute approximate surface area is 117 Å². The summed E-state index contributed by atoms with van der Waals surface area (Å²) in [4.78, 5) is 2.63. The van der Waals surface area contributed by atoms with E-state index in [1.165, 1.54) is 12.8 Å². The Hall–Kier alpha value is -0.160. The zero-order valence-corrected chi connectivity index (χ0v) is 12.8. The fourth-order valence-electron chi connectivity index (χ4n) is 3.83. The largest absolute Gasteiger partial charge is 0.384 e. The second-order valence-corrected chi connectivity index (χ2v) is 6.85. The summed E-state index contributed by atoms with van der Waals surface area (Å²) in [6.45, 7) is 9.17. The van der Waals surface area contributed by atoms with Gasteiger partial charge in [0.2, 0.25) is 0 Å². The number of rotatable bonds is 4. The van der Waals surface area contributed by atoms with Crippen LogP contribution in [-0.2, 0) is 9.47 Å². The van der Waals surface area contributed by atoms with Gasteiger partial charge >= 0.3 is 0 Å². The Kier molecular flexibility index (Phi) is 4.88. The molecule has 2 heterocycles. The SMILES string of the molecule is COCC1CCN(C2(CN)CCOC(C)(C)C2)CC1. The lowest BCUT2D eigenvalue weighted by molar-refractivity contribution is -0.123. The molecule has 2 fully saturated rings. The predicted molar refractivity (Wildman–Crippen MR) is 77.2 cm³/mol. The van der Waals surface area contributed by atoms with Crippen LogP contribution in [0.25, 0.3) is 0 Å². The van der Waals surface area contributed by atoms with E-state index in [2.05, 4.69) is 18.7 Å². The lowest BCUT2D eigenvalue weighted by Gasteiger charge is -2.52. The van der Waals surface area contributed by atoms with E-state index in [1.54, 1.807) is 7.11 Å². The van der Waals surface area contributed by atoms with E-state index in [0.717, 1.165) is 51.6 Å². The number of methoxy groups -OCH3 is 1. The first-order valence-electron chi connectivity index (χ1n) is 7.59. The summed E-state index contributed by atoms with van der Waals surface area (Å²) in [5, 5.41) is 0. The van der Waals surface area contributed by atoms with Crippen LogP contribution >= 0.6 is 0 Å². The molecule has 2 aliphatic heterocycles. The number of nitrogens with zero attached hydrogens (tertiary/aromatic N) is 1. The highest BCUT2D eigenvalue weighted by Gasteiger charge is 2.44. The van der Waals surface area contributed by atoms with E-state index in [-0.39, 0.29) is 11.1 Å². The number of likely N-dealkylation sites (tertiary alicyclic amines) is 1. The van der Waals surface area contributed by atoms with Crippen LogP contribution in [0.5, 0.6) is 0 Å². The van der Waals surface area contributed by atoms with Gasteiger partial charge in [0.05, 0.1) is 5.60 Å². The Morgan fingerprint density at radius 3 is 2.53 bits per heavy atom. The van der Waals surface area contributed by atoms with Gasteiger partial charge in [-0.1, -0.05) is 0 Å². The van der Waals surface area contributed by atoms with E-state index < -0.39 is 0 Å². The van der Waals surface area contributed by atoms with Gasteiger partial charge in [0.25, 0.3) is 0 Å². The molecule has 1 unspecified atom stereocenters. The van der Waals surface area contributed by atoms with E-state index >= 15 is 0 Å². The van der Waals surface area contributed by atoms with Crippen molar-refractivity contribution < 1.29 is 9.47 Å². The monoisotopic (exact) mass is 270 g/mol. The molecule has 0 bridgehead atoms. The molecule has 0 spiro atoms. The molecule has 0 amide bonds. The van der Waals surface area contributed by atoms with Crippen molar-refractivity contribution in [2.45, 2.75) is 50.7 Å². The Morgan fingerprint density at radius 2 is 2.00 bits per heavy atom. The molecule has 4 heteroatoms. The van der Waals surface area contributed by atoms with E-state index in [9.17, 15) is 0 Å². The van der Waals surface area contributed by atoms with Gasteiger partial charge in [-0.05, 0) is 58.5 Å². The fourth-order valence-corrected chi connectivity index (χ4v) is 3.83. The smallest absolute Gasteiger partial charge is 0.0644 e. The highest BCUT2D eigenvalue weighted by Crippen LogP contribution is 2.37. The molecule has 2 N–H and O–H groups in total. The zero-order chi connectivity index (χ0) is 13.9. The Balaban J connectivity index is 1.98. The molecule has 0 aliphatic carbocycles. The minimum absolute atomic E-state index is 0.0407. The van der Waals surface area contributed by atoms with Crippen molar-refractivity contribution >= 4 is 0 Å². The van der Waals surface area contributed by atoms with Crippen LogP contribution in [0.4, 0.5) is 0 Å². The lowest BCUT2D eigenvalue weighted by Crippen LogP contribution is -2.62. The number of hydrogen-bond acceptors (Lipinski definition) is 4. The minimum Gasteiger partial charge on any atom is -0.384 e. The molecule has 112 valence electrons. The molecular weight excluding hydrogens is 240 g/mol. The molecule has 2 aliphatic rings. The number of hydrogen-bond donors (Lipinski definition) is 1. The van der Waals surface area contributed by atoms with Crippen molar-refractivity contribution in [1.29, 1.82) is 0 Å². The molecule has 1 atom stereocenters. The van der Waals surface area contributed by atoms with Gasteiger partial charge < -0.3 is 15.2 Å². The van der Waals surface area contributed by atoms with Gasteiger partial charge in [0, 0.05) is 32.4 Å². The number of piperidine rings is 1. The van der Waals surface area contributed by atoms with Crippen LogP contribution in [0.15, 0.2) is 0 Å². The van der Waals surface area contributed by atoms with Crippen molar-refractivity contribution in [3.63, 3.8) is 0 Å². The average molecular weight is 270 g/mol. The molecule has 2 saturated heterocycles. The standard InChI is InChI=1S/C15H30N2O2/c1-14(2)11-15(12-16,6-9-19-14)17-7-4-13(5-8-17)10-18-3/h13H,4-12,16H2,1-3H3. The van der Waals surface area contributed by atoms with Crippen LogP contribution in [0.3, 0.4) is 0 Å². The van der Waals surface area contributed by atoms with Gasteiger partial charge in [0.1, 0.15) is 0 Å². The van der Waals surface area contributed by atoms with E-state index in [0.29, 0.717) is 0 Å². The highest BCUT2D eigenvalue weighted by atomic mass is 16.5. The summed E-state index contributed by atoms with van der Waals surface area (Å²) in [5.41, 5.74) is 6.27. The molecule has 4 nitrogen and oxygen atoms in total. The van der Waals surface area contributed by atoms with E-state index in [1.807, 2.05) is 0 Å². The van der Waals surface area contributed by atoms with Crippen molar-refractivity contribution in [3.8, 4) is 0 Å². The maximum atomic E-state index is 6.16. The maximum Gasteiger partial charge on any atom is 0.0644 e. The molecule has 0 radical (unpaired) electrons. The van der Waals surface area contributed by atoms with Crippen LogP contribution in [0, 0.1) is 5.92 Å². The van der Waals surface area contributed by atoms with Crippen LogP contribution in [-0.4, -0.2) is 56.0 Å². The normalized spacial score (nSPS) is 33.5.